The van der Waals surface area contributed by atoms with Crippen LogP contribution in [0.15, 0.2) is 0 Å². The van der Waals surface area contributed by atoms with Gasteiger partial charge >= 0.3 is 26.2 Å². The van der Waals surface area contributed by atoms with Crippen molar-refractivity contribution in [2.75, 3.05) is 41.7 Å². The Morgan fingerprint density at radius 1 is 1.08 bits per heavy atom. The third-order valence-electron chi connectivity index (χ3n) is 0.873. The zero-order valence-corrected chi connectivity index (χ0v) is 9.07. The summed E-state index contributed by atoms with van der Waals surface area (Å²) in [6.07, 6.45) is 0. The van der Waals surface area contributed by atoms with Gasteiger partial charge in [0.15, 0.2) is 0 Å². The molecule has 0 heterocycles. The predicted molar refractivity (Wildman–Crippen MR) is 46.9 cm³/mol. The molecule has 0 aliphatic carbocycles. The first-order chi connectivity index (χ1) is 5.76. The van der Waals surface area contributed by atoms with Gasteiger partial charge in [-0.3, -0.25) is 0 Å². The molecule has 0 atom stereocenters. The van der Waals surface area contributed by atoms with Crippen LogP contribution >= 0.6 is 0 Å². The molecule has 7 heteroatoms. The Morgan fingerprint density at radius 2 is 1.46 bits per heavy atom. The Morgan fingerprint density at radius 3 is 1.46 bits per heavy atom. The third-order valence-corrected chi connectivity index (χ3v) is 0.873. The predicted octanol–water partition coefficient (Wildman–Crippen LogP) is -3.35. The Balaban J connectivity index is -0.0000000651. The maximum absolute atomic E-state index is 7.94. The van der Waals surface area contributed by atoms with E-state index in [1.165, 1.54) is 21.3 Å². The number of aliphatic hydroxyl groups is 1. The minimum absolute atomic E-state index is 0. The molecule has 0 aliphatic rings. The van der Waals surface area contributed by atoms with Gasteiger partial charge < -0.3 is 25.2 Å². The molecule has 0 aromatic rings. The van der Waals surface area contributed by atoms with Gasteiger partial charge in [0.1, 0.15) is 0 Å². The van der Waals surface area contributed by atoms with Crippen molar-refractivity contribution in [1.82, 2.24) is 0 Å². The molecule has 76 valence electrons. The number of rotatable bonds is 5. The summed E-state index contributed by atoms with van der Waals surface area (Å²) in [6.45, 7) is 0.566. The zero-order chi connectivity index (χ0) is 9.82. The van der Waals surface area contributed by atoms with Gasteiger partial charge in [0.2, 0.25) is 0 Å². The van der Waals surface area contributed by atoms with Crippen LogP contribution in [-0.4, -0.2) is 54.1 Å². The fourth-order valence-corrected chi connectivity index (χ4v) is 0.380. The zero-order valence-electron chi connectivity index (χ0n) is 10.1. The smallest absolute Gasteiger partial charge is 1.00 e. The van der Waals surface area contributed by atoms with Crippen LogP contribution in [-0.2, 0) is 18.7 Å². The summed E-state index contributed by atoms with van der Waals surface area (Å²) >= 11 is 0. The van der Waals surface area contributed by atoms with Gasteiger partial charge in [-0.15, -0.1) is 0 Å². The van der Waals surface area contributed by atoms with Crippen LogP contribution in [0, 0.1) is 0 Å². The van der Waals surface area contributed by atoms with Crippen LogP contribution in [0.3, 0.4) is 0 Å². The number of methoxy groups -OCH3 is 1. The second-order valence-electron chi connectivity index (χ2n) is 1.71. The summed E-state index contributed by atoms with van der Waals surface area (Å²) in [6, 6.07) is 0. The van der Waals surface area contributed by atoms with Crippen molar-refractivity contribution in [1.29, 1.82) is 0 Å². The van der Waals surface area contributed by atoms with E-state index in [4.69, 9.17) is 5.11 Å². The topological polar surface area (TPSA) is 57.2 Å². The maximum Gasteiger partial charge on any atom is 1.00 e. The van der Waals surface area contributed by atoms with Crippen LogP contribution in [0.1, 0.15) is 1.43 Å². The molecule has 0 aliphatic heterocycles. The van der Waals surface area contributed by atoms with Crippen LogP contribution in [0.25, 0.3) is 0 Å². The fourth-order valence-electron chi connectivity index (χ4n) is 0.380. The number of hydrogen-bond acceptors (Lipinski definition) is 5. The van der Waals surface area contributed by atoms with Gasteiger partial charge in [-0.25, -0.2) is 0 Å². The molecule has 13 heavy (non-hydrogen) atoms. The standard InChI is InChI=1S/C3H9BO3.C3H8O2.Li.H/c1-5-4(6-2)7-3;1-5-3-2-4;;/h1-3H3;4H,2-3H2,1H3;;/q;;+1;-1. The van der Waals surface area contributed by atoms with Crippen molar-refractivity contribution in [3.63, 3.8) is 0 Å². The summed E-state index contributed by atoms with van der Waals surface area (Å²) in [7, 11) is 5.57. The molecule has 5 nitrogen and oxygen atoms in total. The monoisotopic (exact) mass is 188 g/mol. The van der Waals surface area contributed by atoms with Gasteiger partial charge in [-0.05, 0) is 0 Å². The molecule has 0 spiro atoms. The molecule has 1 N–H and O–H groups in total. The molecule has 0 radical (unpaired) electrons. The summed E-state index contributed by atoms with van der Waals surface area (Å²) in [4.78, 5) is 0. The van der Waals surface area contributed by atoms with E-state index in [0.717, 1.165) is 0 Å². The third kappa shape index (κ3) is 19.0. The van der Waals surface area contributed by atoms with E-state index in [9.17, 15) is 0 Å². The number of hydrogen-bond donors (Lipinski definition) is 1. The second kappa shape index (κ2) is 18.3. The summed E-state index contributed by atoms with van der Waals surface area (Å²) in [5.41, 5.74) is 0. The Labute approximate surface area is 93.5 Å². The van der Waals surface area contributed by atoms with E-state index in [1.54, 1.807) is 7.11 Å². The average molecular weight is 188 g/mol. The van der Waals surface area contributed by atoms with E-state index < -0.39 is 7.32 Å². The molecule has 0 saturated heterocycles. The molecule has 0 saturated carbocycles. The summed E-state index contributed by atoms with van der Waals surface area (Å²) in [5, 5.41) is 7.94. The van der Waals surface area contributed by atoms with Crippen molar-refractivity contribution in [3.05, 3.63) is 0 Å². The van der Waals surface area contributed by atoms with Gasteiger partial charge in [0.25, 0.3) is 0 Å². The Kier molecular flexibility index (Phi) is 26.9. The molecule has 0 rings (SSSR count). The van der Waals surface area contributed by atoms with Crippen molar-refractivity contribution in [2.24, 2.45) is 0 Å². The van der Waals surface area contributed by atoms with Gasteiger partial charge in [0, 0.05) is 28.4 Å². The SMILES string of the molecule is COB(OC)OC.COCCO.[H-].[Li+]. The first-order valence-corrected chi connectivity index (χ1v) is 3.45. The quantitative estimate of drug-likeness (QED) is 0.457. The molecule has 0 unspecified atom stereocenters. The minimum Gasteiger partial charge on any atom is -1.00 e. The van der Waals surface area contributed by atoms with Crippen LogP contribution in [0.4, 0.5) is 0 Å². The van der Waals surface area contributed by atoms with E-state index in [-0.39, 0.29) is 26.9 Å². The molecular formula is C6H18BLiO5. The van der Waals surface area contributed by atoms with Crippen LogP contribution < -0.4 is 18.9 Å². The van der Waals surface area contributed by atoms with Gasteiger partial charge in [-0.1, -0.05) is 0 Å². The van der Waals surface area contributed by atoms with E-state index in [0.29, 0.717) is 6.61 Å². The first-order valence-electron chi connectivity index (χ1n) is 3.45. The molecule has 0 amide bonds. The molecular weight excluding hydrogens is 170 g/mol. The second-order valence-corrected chi connectivity index (χ2v) is 1.71. The molecule has 0 aromatic carbocycles. The van der Waals surface area contributed by atoms with Crippen LogP contribution in [0.5, 0.6) is 0 Å². The Bertz CT molecular complexity index is 71.7. The summed E-state index contributed by atoms with van der Waals surface area (Å²) in [5.74, 6) is 0. The molecule has 0 fully saturated rings. The average Bonchev–Trinajstić information content (AvgIpc) is 2.10. The number of aliphatic hydroxyl groups excluding tert-OH is 1. The van der Waals surface area contributed by atoms with E-state index in [2.05, 4.69) is 18.7 Å². The fraction of sp³-hybridized carbons (Fsp3) is 1.00. The maximum atomic E-state index is 7.94. The first kappa shape index (κ1) is 19.1. The normalized spacial score (nSPS) is 8.08. The molecule has 0 aromatic heterocycles. The van der Waals surface area contributed by atoms with Gasteiger partial charge in [0.05, 0.1) is 13.2 Å². The van der Waals surface area contributed by atoms with Crippen molar-refractivity contribution >= 4 is 7.32 Å². The summed E-state index contributed by atoms with van der Waals surface area (Å²) < 4.78 is 18.3. The van der Waals surface area contributed by atoms with Crippen molar-refractivity contribution in [2.45, 2.75) is 0 Å². The van der Waals surface area contributed by atoms with Gasteiger partial charge in [-0.2, -0.15) is 0 Å². The minimum atomic E-state index is -0.514. The van der Waals surface area contributed by atoms with E-state index >= 15 is 0 Å². The van der Waals surface area contributed by atoms with Crippen molar-refractivity contribution < 1.29 is 44.1 Å². The van der Waals surface area contributed by atoms with Crippen LogP contribution in [0.2, 0.25) is 0 Å². The molecule has 0 bridgehead atoms. The van der Waals surface area contributed by atoms with E-state index in [1.807, 2.05) is 0 Å². The number of ether oxygens (including phenoxy) is 1. The van der Waals surface area contributed by atoms with Crippen molar-refractivity contribution in [3.8, 4) is 0 Å². The Hall–Kier alpha value is 0.462. The largest absolute Gasteiger partial charge is 1.00 e.